The average molecular weight is 516 g/mol. The summed E-state index contributed by atoms with van der Waals surface area (Å²) >= 11 is 0. The van der Waals surface area contributed by atoms with E-state index in [-0.39, 0.29) is 23.5 Å². The SMILES string of the molecule is COC(=O)OC[C@H]1O[C@@H](Oc2cc(C)cc(O)c2C(=O)CCc2ccc3occc3c2)[C@H](O)C(O)[C@@H]1O. The molecule has 1 aliphatic heterocycles. The number of phenolic OH excluding ortho intramolecular Hbond substituents is 1. The second kappa shape index (κ2) is 11.2. The molecule has 1 fully saturated rings. The van der Waals surface area contributed by atoms with Gasteiger partial charge < -0.3 is 43.8 Å². The number of furan rings is 1. The first-order valence-corrected chi connectivity index (χ1v) is 11.6. The highest BCUT2D eigenvalue weighted by atomic mass is 16.7. The third kappa shape index (κ3) is 5.86. The molecule has 1 aromatic heterocycles. The lowest BCUT2D eigenvalue weighted by Crippen LogP contribution is -2.60. The van der Waals surface area contributed by atoms with Crippen LogP contribution in [-0.2, 0) is 20.6 Å². The van der Waals surface area contributed by atoms with Gasteiger partial charge in [-0.2, -0.15) is 0 Å². The van der Waals surface area contributed by atoms with Crippen LogP contribution >= 0.6 is 0 Å². The van der Waals surface area contributed by atoms with Crippen molar-refractivity contribution in [3.8, 4) is 11.5 Å². The minimum atomic E-state index is -1.71. The molecule has 37 heavy (non-hydrogen) atoms. The van der Waals surface area contributed by atoms with Gasteiger partial charge in [-0.15, -0.1) is 0 Å². The number of ether oxygens (including phenoxy) is 4. The van der Waals surface area contributed by atoms with Crippen molar-refractivity contribution in [1.82, 2.24) is 0 Å². The zero-order valence-corrected chi connectivity index (χ0v) is 20.2. The number of ketones is 1. The number of aliphatic hydroxyl groups is 3. The van der Waals surface area contributed by atoms with Gasteiger partial charge >= 0.3 is 6.16 Å². The van der Waals surface area contributed by atoms with Crippen molar-refractivity contribution >= 4 is 22.9 Å². The van der Waals surface area contributed by atoms with Crippen molar-refractivity contribution in [2.24, 2.45) is 0 Å². The Kier molecular flexibility index (Phi) is 7.98. The summed E-state index contributed by atoms with van der Waals surface area (Å²) in [5.41, 5.74) is 2.07. The largest absolute Gasteiger partial charge is 0.508 e. The number of aliphatic hydroxyl groups excluding tert-OH is 3. The summed E-state index contributed by atoms with van der Waals surface area (Å²) in [7, 11) is 1.10. The van der Waals surface area contributed by atoms with Crippen LogP contribution in [-0.4, -0.2) is 76.8 Å². The number of aromatic hydroxyl groups is 1. The molecule has 4 N–H and O–H groups in total. The summed E-state index contributed by atoms with van der Waals surface area (Å²) in [5.74, 6) is -0.814. The molecule has 0 spiro atoms. The fourth-order valence-corrected chi connectivity index (χ4v) is 4.15. The Bertz CT molecular complexity index is 1270. The van der Waals surface area contributed by atoms with Gasteiger partial charge in [0.1, 0.15) is 53.7 Å². The standard InChI is InChI=1S/C26H28O11/c1-13-9-17(28)21(16(27)5-3-14-4-6-18-15(11-14)7-8-34-18)19(10-13)36-25-24(31)23(30)22(29)20(37-25)12-35-26(32)33-2/h4,6-11,20,22-25,28-31H,3,5,12H2,1-2H3/t20-,22-,23?,24-,25-/m1/s1. The van der Waals surface area contributed by atoms with Crippen LogP contribution in [0.3, 0.4) is 0 Å². The number of phenols is 1. The van der Waals surface area contributed by atoms with Crippen LogP contribution in [0.2, 0.25) is 0 Å². The molecule has 0 aliphatic carbocycles. The van der Waals surface area contributed by atoms with Crippen molar-refractivity contribution in [2.45, 2.75) is 50.5 Å². The van der Waals surface area contributed by atoms with Gasteiger partial charge in [0.05, 0.1) is 13.4 Å². The highest BCUT2D eigenvalue weighted by molar-refractivity contribution is 6.01. The number of aryl methyl sites for hydroxylation is 2. The number of methoxy groups -OCH3 is 1. The lowest BCUT2D eigenvalue weighted by Gasteiger charge is -2.40. The van der Waals surface area contributed by atoms with E-state index in [1.807, 2.05) is 24.3 Å². The van der Waals surface area contributed by atoms with Crippen LogP contribution in [0.15, 0.2) is 47.1 Å². The molecule has 0 saturated carbocycles. The predicted molar refractivity (Wildman–Crippen MR) is 127 cm³/mol. The first kappa shape index (κ1) is 26.4. The minimum Gasteiger partial charge on any atom is -0.507 e. The van der Waals surface area contributed by atoms with E-state index in [9.17, 15) is 30.0 Å². The molecule has 0 bridgehead atoms. The van der Waals surface area contributed by atoms with Gasteiger partial charge in [0.25, 0.3) is 0 Å². The first-order valence-electron chi connectivity index (χ1n) is 11.6. The number of hydrogen-bond donors (Lipinski definition) is 4. The van der Waals surface area contributed by atoms with Crippen molar-refractivity contribution in [3.63, 3.8) is 0 Å². The summed E-state index contributed by atoms with van der Waals surface area (Å²) in [5, 5.41) is 42.5. The molecule has 0 radical (unpaired) electrons. The molecule has 2 aromatic carbocycles. The third-order valence-electron chi connectivity index (χ3n) is 6.11. The smallest absolute Gasteiger partial charge is 0.507 e. The molecule has 3 aromatic rings. The highest BCUT2D eigenvalue weighted by Crippen LogP contribution is 2.34. The van der Waals surface area contributed by atoms with Crippen LogP contribution in [0.4, 0.5) is 4.79 Å². The van der Waals surface area contributed by atoms with Crippen molar-refractivity contribution in [3.05, 3.63) is 59.4 Å². The molecule has 2 heterocycles. The van der Waals surface area contributed by atoms with E-state index in [0.717, 1.165) is 23.6 Å². The lowest BCUT2D eigenvalue weighted by molar-refractivity contribution is -0.277. The zero-order valence-electron chi connectivity index (χ0n) is 20.2. The zero-order chi connectivity index (χ0) is 26.7. The van der Waals surface area contributed by atoms with E-state index in [0.29, 0.717) is 12.0 Å². The van der Waals surface area contributed by atoms with E-state index in [1.54, 1.807) is 13.2 Å². The summed E-state index contributed by atoms with van der Waals surface area (Å²) < 4.78 is 25.8. The predicted octanol–water partition coefficient (Wildman–Crippen LogP) is 2.23. The van der Waals surface area contributed by atoms with E-state index >= 15 is 0 Å². The van der Waals surface area contributed by atoms with E-state index in [4.69, 9.17) is 18.6 Å². The average Bonchev–Trinajstić information content (AvgIpc) is 3.34. The maximum Gasteiger partial charge on any atom is 0.508 e. The molecule has 0 amide bonds. The summed E-state index contributed by atoms with van der Waals surface area (Å²) in [4.78, 5) is 24.5. The summed E-state index contributed by atoms with van der Waals surface area (Å²) in [6, 6.07) is 10.3. The van der Waals surface area contributed by atoms with Crippen LogP contribution in [0, 0.1) is 6.92 Å². The quantitative estimate of drug-likeness (QED) is 0.256. The van der Waals surface area contributed by atoms with Gasteiger partial charge in [0, 0.05) is 11.8 Å². The molecule has 4 rings (SSSR count). The molecule has 11 nitrogen and oxygen atoms in total. The van der Waals surface area contributed by atoms with E-state index in [2.05, 4.69) is 4.74 Å². The van der Waals surface area contributed by atoms with Crippen LogP contribution in [0.1, 0.15) is 27.9 Å². The van der Waals surface area contributed by atoms with Crippen molar-refractivity contribution < 1.29 is 53.4 Å². The molecule has 11 heteroatoms. The Labute approximate surface area is 211 Å². The van der Waals surface area contributed by atoms with E-state index in [1.165, 1.54) is 12.1 Å². The Morgan fingerprint density at radius 3 is 2.57 bits per heavy atom. The van der Waals surface area contributed by atoms with Crippen molar-refractivity contribution in [1.29, 1.82) is 0 Å². The van der Waals surface area contributed by atoms with Crippen LogP contribution in [0.25, 0.3) is 11.0 Å². The highest BCUT2D eigenvalue weighted by Gasteiger charge is 2.46. The van der Waals surface area contributed by atoms with Gasteiger partial charge in [0.2, 0.25) is 6.29 Å². The molecule has 198 valence electrons. The maximum atomic E-state index is 13.2. The fraction of sp³-hybridized carbons (Fsp3) is 0.385. The van der Waals surface area contributed by atoms with Crippen LogP contribution in [0.5, 0.6) is 11.5 Å². The Hall–Kier alpha value is -3.64. The number of carbonyl (C=O) groups excluding carboxylic acids is 2. The number of fused-ring (bicyclic) bond motifs is 1. The van der Waals surface area contributed by atoms with E-state index < -0.39 is 49.3 Å². The fourth-order valence-electron chi connectivity index (χ4n) is 4.15. The van der Waals surface area contributed by atoms with Crippen LogP contribution < -0.4 is 4.74 Å². The number of Topliss-reactive ketones (excluding diaryl/α,β-unsaturated/α-hetero) is 1. The summed E-state index contributed by atoms with van der Waals surface area (Å²) in [6.45, 7) is 1.17. The Morgan fingerprint density at radius 1 is 1.03 bits per heavy atom. The second-order valence-electron chi connectivity index (χ2n) is 8.77. The molecular formula is C26H28O11. The molecule has 5 atom stereocenters. The third-order valence-corrected chi connectivity index (χ3v) is 6.11. The maximum absolute atomic E-state index is 13.2. The number of benzene rings is 2. The first-order chi connectivity index (χ1) is 17.7. The lowest BCUT2D eigenvalue weighted by atomic mass is 9.98. The molecule has 1 aliphatic rings. The normalized spacial score (nSPS) is 23.5. The summed E-state index contributed by atoms with van der Waals surface area (Å²) in [6.07, 6.45) is -6.86. The van der Waals surface area contributed by atoms with Crippen molar-refractivity contribution in [2.75, 3.05) is 13.7 Å². The monoisotopic (exact) mass is 516 g/mol. The van der Waals surface area contributed by atoms with Gasteiger partial charge in [-0.05, 0) is 54.8 Å². The van der Waals surface area contributed by atoms with Gasteiger partial charge in [-0.1, -0.05) is 6.07 Å². The van der Waals surface area contributed by atoms with Gasteiger partial charge in [-0.3, -0.25) is 4.79 Å². The second-order valence-corrected chi connectivity index (χ2v) is 8.77. The Balaban J connectivity index is 1.52. The Morgan fingerprint density at radius 2 is 1.81 bits per heavy atom. The molecule has 1 saturated heterocycles. The topological polar surface area (TPSA) is 165 Å². The van der Waals surface area contributed by atoms with Gasteiger partial charge in [0.15, 0.2) is 5.78 Å². The molecular weight excluding hydrogens is 488 g/mol. The number of carbonyl (C=O) groups is 2. The number of hydrogen-bond acceptors (Lipinski definition) is 11. The number of rotatable bonds is 8. The minimum absolute atomic E-state index is 0.0430. The molecule has 1 unspecified atom stereocenters. The van der Waals surface area contributed by atoms with Gasteiger partial charge in [-0.25, -0.2) is 4.79 Å².